The molecule has 0 amide bonds. The Balaban J connectivity index is 2.33. The summed E-state index contributed by atoms with van der Waals surface area (Å²) < 4.78 is 5.00. The van der Waals surface area contributed by atoms with Crippen molar-refractivity contribution in [2.45, 2.75) is 5.82 Å². The SMILES string of the molecule is [B]1OC=C2C=CC=CC12. The molecular weight excluding hydrogens is 111 g/mol. The van der Waals surface area contributed by atoms with Crippen molar-refractivity contribution >= 4 is 7.48 Å². The molecule has 1 aliphatic heterocycles. The first-order valence-corrected chi connectivity index (χ1v) is 3.00. The zero-order valence-corrected chi connectivity index (χ0v) is 4.95. The molecule has 1 atom stereocenters. The van der Waals surface area contributed by atoms with E-state index in [0.717, 1.165) is 0 Å². The van der Waals surface area contributed by atoms with Gasteiger partial charge in [0.15, 0.2) is 0 Å². The molecule has 9 heavy (non-hydrogen) atoms. The Kier molecular flexibility index (Phi) is 0.981. The summed E-state index contributed by atoms with van der Waals surface area (Å²) in [5, 5.41) is 0. The third-order valence-electron chi connectivity index (χ3n) is 1.53. The smallest absolute Gasteiger partial charge is 0.381 e. The van der Waals surface area contributed by atoms with Crippen LogP contribution in [0.25, 0.3) is 0 Å². The van der Waals surface area contributed by atoms with Crippen LogP contribution in [0.4, 0.5) is 0 Å². The first kappa shape index (κ1) is 4.92. The second-order valence-electron chi connectivity index (χ2n) is 2.16. The molecule has 0 bridgehead atoms. The lowest BCUT2D eigenvalue weighted by Crippen LogP contribution is -1.97. The molecule has 0 spiro atoms. The van der Waals surface area contributed by atoms with Gasteiger partial charge in [-0.3, -0.25) is 0 Å². The minimum absolute atomic E-state index is 0.412. The summed E-state index contributed by atoms with van der Waals surface area (Å²) in [6, 6.07) is 0. The first-order valence-electron chi connectivity index (χ1n) is 3.00. The molecule has 1 aliphatic carbocycles. The monoisotopic (exact) mass is 117 g/mol. The maximum absolute atomic E-state index is 5.00. The van der Waals surface area contributed by atoms with Crippen molar-refractivity contribution in [2.75, 3.05) is 0 Å². The quantitative estimate of drug-likeness (QED) is 0.436. The minimum Gasteiger partial charge on any atom is -0.567 e. The summed E-state index contributed by atoms with van der Waals surface area (Å²) in [5.74, 6) is 0.412. The molecule has 0 fully saturated rings. The van der Waals surface area contributed by atoms with Crippen LogP contribution >= 0.6 is 0 Å². The van der Waals surface area contributed by atoms with Crippen molar-refractivity contribution in [1.29, 1.82) is 0 Å². The summed E-state index contributed by atoms with van der Waals surface area (Å²) in [6.45, 7) is 0. The van der Waals surface area contributed by atoms with Crippen molar-refractivity contribution in [1.82, 2.24) is 0 Å². The maximum atomic E-state index is 5.00. The zero-order valence-electron chi connectivity index (χ0n) is 4.95. The van der Waals surface area contributed by atoms with E-state index in [1.54, 1.807) is 6.26 Å². The van der Waals surface area contributed by atoms with Crippen molar-refractivity contribution < 1.29 is 4.65 Å². The van der Waals surface area contributed by atoms with Gasteiger partial charge in [0, 0.05) is 5.82 Å². The van der Waals surface area contributed by atoms with Gasteiger partial charge in [-0.1, -0.05) is 24.3 Å². The Morgan fingerprint density at radius 1 is 1.44 bits per heavy atom. The summed E-state index contributed by atoms with van der Waals surface area (Å²) in [6.07, 6.45) is 10.0. The summed E-state index contributed by atoms with van der Waals surface area (Å²) in [7, 11) is 1.83. The molecular formula is C7H6BO. The van der Waals surface area contributed by atoms with Gasteiger partial charge in [-0.25, -0.2) is 0 Å². The van der Waals surface area contributed by atoms with E-state index in [1.807, 2.05) is 19.6 Å². The highest BCUT2D eigenvalue weighted by molar-refractivity contribution is 6.33. The fourth-order valence-corrected chi connectivity index (χ4v) is 1.02. The van der Waals surface area contributed by atoms with Gasteiger partial charge in [-0.2, -0.15) is 0 Å². The van der Waals surface area contributed by atoms with E-state index in [9.17, 15) is 0 Å². The fourth-order valence-electron chi connectivity index (χ4n) is 1.02. The lowest BCUT2D eigenvalue weighted by atomic mass is 9.75. The summed E-state index contributed by atoms with van der Waals surface area (Å²) in [4.78, 5) is 0. The third-order valence-corrected chi connectivity index (χ3v) is 1.53. The van der Waals surface area contributed by atoms with E-state index in [1.165, 1.54) is 5.57 Å². The average Bonchev–Trinajstić information content (AvgIpc) is 2.33. The Hall–Kier alpha value is -0.915. The largest absolute Gasteiger partial charge is 0.567 e. The van der Waals surface area contributed by atoms with E-state index in [0.29, 0.717) is 5.82 Å². The average molecular weight is 117 g/mol. The van der Waals surface area contributed by atoms with Crippen LogP contribution in [0.15, 0.2) is 36.1 Å². The number of rotatable bonds is 0. The van der Waals surface area contributed by atoms with E-state index in [4.69, 9.17) is 4.65 Å². The fraction of sp³-hybridized carbons (Fsp3) is 0.143. The molecule has 0 saturated carbocycles. The second-order valence-corrected chi connectivity index (χ2v) is 2.16. The van der Waals surface area contributed by atoms with Crippen molar-refractivity contribution in [3.8, 4) is 0 Å². The van der Waals surface area contributed by atoms with Crippen LogP contribution in [-0.4, -0.2) is 7.48 Å². The van der Waals surface area contributed by atoms with Gasteiger partial charge in [0.05, 0.1) is 6.26 Å². The van der Waals surface area contributed by atoms with Crippen LogP contribution in [0.1, 0.15) is 0 Å². The lowest BCUT2D eigenvalue weighted by molar-refractivity contribution is 0.529. The summed E-state index contributed by atoms with van der Waals surface area (Å²) >= 11 is 0. The highest BCUT2D eigenvalue weighted by Crippen LogP contribution is 2.27. The predicted molar refractivity (Wildman–Crippen MR) is 37.0 cm³/mol. The maximum Gasteiger partial charge on any atom is 0.381 e. The molecule has 0 aromatic carbocycles. The summed E-state index contributed by atoms with van der Waals surface area (Å²) in [5.41, 5.74) is 1.25. The van der Waals surface area contributed by atoms with Gasteiger partial charge in [-0.15, -0.1) is 0 Å². The van der Waals surface area contributed by atoms with E-state index < -0.39 is 0 Å². The highest BCUT2D eigenvalue weighted by atomic mass is 16.4. The number of fused-ring (bicyclic) bond motifs is 1. The normalized spacial score (nSPS) is 28.4. The van der Waals surface area contributed by atoms with Crippen LogP contribution in [-0.2, 0) is 4.65 Å². The van der Waals surface area contributed by atoms with Crippen LogP contribution in [0.2, 0.25) is 5.82 Å². The molecule has 2 rings (SSSR count). The molecule has 1 nitrogen and oxygen atoms in total. The van der Waals surface area contributed by atoms with Crippen molar-refractivity contribution in [3.05, 3.63) is 36.1 Å². The van der Waals surface area contributed by atoms with E-state index >= 15 is 0 Å². The topological polar surface area (TPSA) is 9.23 Å². The Morgan fingerprint density at radius 3 is 3.33 bits per heavy atom. The molecule has 1 unspecified atom stereocenters. The zero-order chi connectivity index (χ0) is 6.10. The number of allylic oxidation sites excluding steroid dienone is 5. The molecule has 0 aromatic heterocycles. The van der Waals surface area contributed by atoms with Crippen LogP contribution < -0.4 is 0 Å². The molecule has 2 heteroatoms. The molecule has 0 saturated heterocycles. The van der Waals surface area contributed by atoms with Crippen molar-refractivity contribution in [2.24, 2.45) is 0 Å². The third kappa shape index (κ3) is 0.708. The highest BCUT2D eigenvalue weighted by Gasteiger charge is 2.19. The van der Waals surface area contributed by atoms with Crippen LogP contribution in [0.3, 0.4) is 0 Å². The molecule has 1 heterocycles. The van der Waals surface area contributed by atoms with Crippen LogP contribution in [0.5, 0.6) is 0 Å². The first-order chi connectivity index (χ1) is 4.47. The molecule has 1 radical (unpaired) electrons. The minimum atomic E-state index is 0.412. The van der Waals surface area contributed by atoms with Gasteiger partial charge in [0.1, 0.15) is 0 Å². The van der Waals surface area contributed by atoms with E-state index in [2.05, 4.69) is 12.2 Å². The van der Waals surface area contributed by atoms with Gasteiger partial charge in [-0.05, 0) is 5.57 Å². The standard InChI is InChI=1S/C7H6BO/c1-2-4-7-6(3-1)5-9-8-7/h1-5,7H. The predicted octanol–water partition coefficient (Wildman–Crippen LogP) is 1.43. The van der Waals surface area contributed by atoms with Gasteiger partial charge < -0.3 is 4.65 Å². The molecule has 2 aliphatic rings. The van der Waals surface area contributed by atoms with Gasteiger partial charge in [0.25, 0.3) is 0 Å². The second kappa shape index (κ2) is 1.80. The number of hydrogen-bond acceptors (Lipinski definition) is 1. The van der Waals surface area contributed by atoms with Gasteiger partial charge >= 0.3 is 7.48 Å². The Morgan fingerprint density at radius 2 is 2.44 bits per heavy atom. The number of hydrogen-bond donors (Lipinski definition) is 0. The Bertz CT molecular complexity index is 200. The van der Waals surface area contributed by atoms with Gasteiger partial charge in [0.2, 0.25) is 0 Å². The van der Waals surface area contributed by atoms with Crippen molar-refractivity contribution in [3.63, 3.8) is 0 Å². The van der Waals surface area contributed by atoms with Crippen LogP contribution in [0, 0.1) is 0 Å². The van der Waals surface area contributed by atoms with E-state index in [-0.39, 0.29) is 0 Å². The molecule has 43 valence electrons. The lowest BCUT2D eigenvalue weighted by Gasteiger charge is -2.03. The molecule has 0 N–H and O–H groups in total. The Labute approximate surface area is 55.0 Å². The molecule has 0 aromatic rings.